The van der Waals surface area contributed by atoms with Gasteiger partial charge in [-0.05, 0) is 26.3 Å². The molecule has 0 saturated carbocycles. The number of hydrazine groups is 1. The van der Waals surface area contributed by atoms with Gasteiger partial charge in [-0.1, -0.05) is 0 Å². The maximum absolute atomic E-state index is 11.7. The van der Waals surface area contributed by atoms with Gasteiger partial charge in [-0.15, -0.1) is 0 Å². The topological polar surface area (TPSA) is 78.7 Å². The maximum atomic E-state index is 11.7. The van der Waals surface area contributed by atoms with E-state index < -0.39 is 11.8 Å². The van der Waals surface area contributed by atoms with Crippen molar-refractivity contribution in [3.05, 3.63) is 0 Å². The van der Waals surface area contributed by atoms with Crippen LogP contribution in [-0.2, 0) is 9.59 Å². The molecule has 2 aliphatic rings. The van der Waals surface area contributed by atoms with Crippen LogP contribution in [0.3, 0.4) is 0 Å². The van der Waals surface area contributed by atoms with E-state index in [1.54, 1.807) is 4.90 Å². The van der Waals surface area contributed by atoms with Crippen LogP contribution in [0.25, 0.3) is 0 Å². The van der Waals surface area contributed by atoms with Gasteiger partial charge < -0.3 is 4.90 Å². The summed E-state index contributed by atoms with van der Waals surface area (Å²) in [5, 5.41) is 0. The van der Waals surface area contributed by atoms with Gasteiger partial charge >= 0.3 is 11.8 Å². The zero-order valence-corrected chi connectivity index (χ0v) is 9.48. The molecule has 0 aromatic rings. The number of amides is 2. The average molecular weight is 226 g/mol. The normalized spacial score (nSPS) is 30.0. The van der Waals surface area contributed by atoms with E-state index in [0.717, 1.165) is 19.5 Å². The van der Waals surface area contributed by atoms with Crippen LogP contribution in [0, 0.1) is 0 Å². The Balaban J connectivity index is 2.04. The number of carbonyl (C=O) groups is 2. The Labute approximate surface area is 94.7 Å². The standard InChI is InChI=1S/C10H18N4O2/c1-7-5-13-4-2-3-8(13)6-14(7)10(16)9(15)12-11/h7-8H,2-6,11H2,1H3,(H,12,15). The van der Waals surface area contributed by atoms with E-state index in [1.165, 1.54) is 6.42 Å². The number of carbonyl (C=O) groups excluding carboxylic acids is 2. The molecule has 16 heavy (non-hydrogen) atoms. The van der Waals surface area contributed by atoms with Crippen molar-refractivity contribution in [2.75, 3.05) is 19.6 Å². The van der Waals surface area contributed by atoms with Crippen LogP contribution in [0.2, 0.25) is 0 Å². The van der Waals surface area contributed by atoms with Crippen molar-refractivity contribution >= 4 is 11.8 Å². The molecule has 2 aliphatic heterocycles. The predicted molar refractivity (Wildman–Crippen MR) is 58.1 cm³/mol. The summed E-state index contributed by atoms with van der Waals surface area (Å²) in [6.07, 6.45) is 2.29. The van der Waals surface area contributed by atoms with Crippen LogP contribution in [0.5, 0.6) is 0 Å². The molecule has 2 saturated heterocycles. The molecule has 2 rings (SSSR count). The van der Waals surface area contributed by atoms with E-state index in [0.29, 0.717) is 12.6 Å². The number of hydrogen-bond donors (Lipinski definition) is 2. The van der Waals surface area contributed by atoms with Gasteiger partial charge in [0.2, 0.25) is 0 Å². The van der Waals surface area contributed by atoms with Crippen LogP contribution < -0.4 is 11.3 Å². The first-order valence-electron chi connectivity index (χ1n) is 5.69. The molecule has 0 spiro atoms. The minimum atomic E-state index is -0.724. The number of nitrogens with zero attached hydrogens (tertiary/aromatic N) is 2. The van der Waals surface area contributed by atoms with E-state index >= 15 is 0 Å². The van der Waals surface area contributed by atoms with Crippen molar-refractivity contribution in [3.8, 4) is 0 Å². The highest BCUT2D eigenvalue weighted by molar-refractivity contribution is 6.34. The molecular weight excluding hydrogens is 208 g/mol. The Hall–Kier alpha value is -1.14. The van der Waals surface area contributed by atoms with Gasteiger partial charge in [0.25, 0.3) is 0 Å². The van der Waals surface area contributed by atoms with Gasteiger partial charge in [-0.3, -0.25) is 19.9 Å². The number of nitrogens with one attached hydrogen (secondary N) is 1. The maximum Gasteiger partial charge on any atom is 0.323 e. The SMILES string of the molecule is CC1CN2CCCC2CN1C(=O)C(=O)NN. The summed E-state index contributed by atoms with van der Waals surface area (Å²) < 4.78 is 0. The second-order valence-corrected chi connectivity index (χ2v) is 4.57. The first-order valence-corrected chi connectivity index (χ1v) is 5.69. The lowest BCUT2D eigenvalue weighted by Gasteiger charge is -2.41. The molecule has 0 aliphatic carbocycles. The van der Waals surface area contributed by atoms with Gasteiger partial charge in [0.15, 0.2) is 0 Å². The van der Waals surface area contributed by atoms with E-state index in [4.69, 9.17) is 5.84 Å². The number of rotatable bonds is 0. The Morgan fingerprint density at radius 1 is 1.38 bits per heavy atom. The second kappa shape index (κ2) is 4.39. The summed E-state index contributed by atoms with van der Waals surface area (Å²) in [7, 11) is 0. The molecule has 2 unspecified atom stereocenters. The largest absolute Gasteiger partial charge is 0.329 e. The highest BCUT2D eigenvalue weighted by atomic mass is 16.2. The van der Waals surface area contributed by atoms with Crippen LogP contribution in [0.15, 0.2) is 0 Å². The number of fused-ring (bicyclic) bond motifs is 1. The molecule has 0 aromatic heterocycles. The summed E-state index contributed by atoms with van der Waals surface area (Å²) in [5.74, 6) is 3.74. The van der Waals surface area contributed by atoms with Crippen LogP contribution in [0.1, 0.15) is 19.8 Å². The van der Waals surface area contributed by atoms with Crippen molar-refractivity contribution in [2.45, 2.75) is 31.8 Å². The minimum Gasteiger partial charge on any atom is -0.329 e. The zero-order valence-electron chi connectivity index (χ0n) is 9.48. The fourth-order valence-corrected chi connectivity index (χ4v) is 2.66. The molecule has 2 amide bonds. The predicted octanol–water partition coefficient (Wildman–Crippen LogP) is -1.33. The van der Waals surface area contributed by atoms with E-state index in [9.17, 15) is 9.59 Å². The highest BCUT2D eigenvalue weighted by Gasteiger charge is 2.37. The van der Waals surface area contributed by atoms with E-state index in [-0.39, 0.29) is 6.04 Å². The second-order valence-electron chi connectivity index (χ2n) is 4.57. The van der Waals surface area contributed by atoms with Crippen LogP contribution in [-0.4, -0.2) is 53.3 Å². The Morgan fingerprint density at radius 3 is 2.81 bits per heavy atom. The number of hydrogen-bond acceptors (Lipinski definition) is 4. The molecule has 0 radical (unpaired) electrons. The third-order valence-electron chi connectivity index (χ3n) is 3.52. The van der Waals surface area contributed by atoms with Crippen molar-refractivity contribution in [2.24, 2.45) is 5.84 Å². The van der Waals surface area contributed by atoms with Crippen molar-refractivity contribution in [1.82, 2.24) is 15.2 Å². The first-order chi connectivity index (χ1) is 7.63. The number of nitrogens with two attached hydrogens (primary N) is 1. The molecule has 2 atom stereocenters. The number of piperazine rings is 1. The summed E-state index contributed by atoms with van der Waals surface area (Å²) in [5.41, 5.74) is 1.90. The lowest BCUT2D eigenvalue weighted by Crippen LogP contribution is -2.59. The fourth-order valence-electron chi connectivity index (χ4n) is 2.66. The Bertz CT molecular complexity index is 307. The van der Waals surface area contributed by atoms with Crippen molar-refractivity contribution < 1.29 is 9.59 Å². The Kier molecular flexibility index (Phi) is 3.11. The molecule has 2 fully saturated rings. The monoisotopic (exact) mass is 226 g/mol. The van der Waals surface area contributed by atoms with Crippen molar-refractivity contribution in [3.63, 3.8) is 0 Å². The smallest absolute Gasteiger partial charge is 0.323 e. The summed E-state index contributed by atoms with van der Waals surface area (Å²) >= 11 is 0. The molecule has 2 heterocycles. The fraction of sp³-hybridized carbons (Fsp3) is 0.800. The summed E-state index contributed by atoms with van der Waals surface area (Å²) in [6, 6.07) is 0.505. The third-order valence-corrected chi connectivity index (χ3v) is 3.52. The summed E-state index contributed by atoms with van der Waals surface area (Å²) in [4.78, 5) is 27.0. The van der Waals surface area contributed by atoms with Gasteiger partial charge in [-0.2, -0.15) is 0 Å². The van der Waals surface area contributed by atoms with E-state index in [2.05, 4.69) is 4.90 Å². The van der Waals surface area contributed by atoms with Gasteiger partial charge in [-0.25, -0.2) is 5.84 Å². The first kappa shape index (κ1) is 11.3. The van der Waals surface area contributed by atoms with Crippen LogP contribution in [0.4, 0.5) is 0 Å². The quantitative estimate of drug-likeness (QED) is 0.232. The van der Waals surface area contributed by atoms with Gasteiger partial charge in [0.05, 0.1) is 0 Å². The van der Waals surface area contributed by atoms with Crippen LogP contribution >= 0.6 is 0 Å². The molecule has 6 nitrogen and oxygen atoms in total. The van der Waals surface area contributed by atoms with E-state index in [1.807, 2.05) is 12.3 Å². The van der Waals surface area contributed by atoms with Gasteiger partial charge in [0.1, 0.15) is 0 Å². The Morgan fingerprint density at radius 2 is 2.12 bits per heavy atom. The highest BCUT2D eigenvalue weighted by Crippen LogP contribution is 2.24. The zero-order chi connectivity index (χ0) is 11.7. The molecule has 3 N–H and O–H groups in total. The molecule has 0 bridgehead atoms. The minimum absolute atomic E-state index is 0.0825. The molecule has 6 heteroatoms. The third kappa shape index (κ3) is 1.90. The molecule has 90 valence electrons. The van der Waals surface area contributed by atoms with Crippen molar-refractivity contribution in [1.29, 1.82) is 0 Å². The molecular formula is C10H18N4O2. The lowest BCUT2D eigenvalue weighted by molar-refractivity contribution is -0.149. The molecule has 0 aromatic carbocycles. The summed E-state index contributed by atoms with van der Waals surface area (Å²) in [6.45, 7) is 4.58. The average Bonchev–Trinajstić information content (AvgIpc) is 2.72. The lowest BCUT2D eigenvalue weighted by atomic mass is 10.1. The van der Waals surface area contributed by atoms with Gasteiger partial charge in [0, 0.05) is 25.2 Å².